The van der Waals surface area contributed by atoms with Gasteiger partial charge in [-0.05, 0) is 25.8 Å². The second-order valence-electron chi connectivity index (χ2n) is 3.40. The lowest BCUT2D eigenvalue weighted by atomic mass is 10.00. The second-order valence-corrected chi connectivity index (χ2v) is 3.40. The maximum absolute atomic E-state index is 11.2. The summed E-state index contributed by atoms with van der Waals surface area (Å²) in [4.78, 5) is 11.2. The monoisotopic (exact) mass is 176 g/mol. The second kappa shape index (κ2) is 2.87. The third-order valence-electron chi connectivity index (χ3n) is 2.45. The molecule has 0 bridgehead atoms. The molecule has 2 heteroatoms. The molecule has 0 aliphatic heterocycles. The summed E-state index contributed by atoms with van der Waals surface area (Å²) >= 11 is 0. The van der Waals surface area contributed by atoms with Crippen LogP contribution in [-0.4, -0.2) is 5.78 Å². The number of hydrogen-bond acceptors (Lipinski definition) is 2. The lowest BCUT2D eigenvalue weighted by Crippen LogP contribution is -1.94. The van der Waals surface area contributed by atoms with Gasteiger partial charge in [-0.1, -0.05) is 6.08 Å². The van der Waals surface area contributed by atoms with Crippen molar-refractivity contribution < 1.29 is 9.21 Å². The Morgan fingerprint density at radius 2 is 2.31 bits per heavy atom. The van der Waals surface area contributed by atoms with E-state index in [1.165, 1.54) is 5.56 Å². The van der Waals surface area contributed by atoms with Crippen molar-refractivity contribution in [2.75, 3.05) is 0 Å². The lowest BCUT2D eigenvalue weighted by Gasteiger charge is -2.02. The van der Waals surface area contributed by atoms with Gasteiger partial charge in [-0.3, -0.25) is 4.79 Å². The Labute approximate surface area is 77.2 Å². The minimum atomic E-state index is 0.0142. The SMILES string of the molecule is CC(=O)c1oc2c(c1C)CCC=C2. The summed E-state index contributed by atoms with van der Waals surface area (Å²) in [5.41, 5.74) is 2.22. The molecule has 0 aromatic carbocycles. The van der Waals surface area contributed by atoms with Crippen LogP contribution in [-0.2, 0) is 6.42 Å². The normalized spacial score (nSPS) is 14.3. The molecule has 1 aromatic rings. The highest BCUT2D eigenvalue weighted by molar-refractivity contribution is 5.93. The van der Waals surface area contributed by atoms with Crippen molar-refractivity contribution >= 4 is 11.9 Å². The maximum atomic E-state index is 11.2. The number of allylic oxidation sites excluding steroid dienone is 1. The van der Waals surface area contributed by atoms with Crippen LogP contribution in [0.1, 0.15) is 40.8 Å². The Morgan fingerprint density at radius 3 is 2.92 bits per heavy atom. The lowest BCUT2D eigenvalue weighted by molar-refractivity contribution is 0.0986. The molecule has 0 unspecified atom stereocenters. The first kappa shape index (κ1) is 8.30. The van der Waals surface area contributed by atoms with E-state index in [-0.39, 0.29) is 5.78 Å². The summed E-state index contributed by atoms with van der Waals surface area (Å²) < 4.78 is 5.46. The average Bonchev–Trinajstić information content (AvgIpc) is 2.45. The minimum absolute atomic E-state index is 0.0142. The zero-order valence-electron chi connectivity index (χ0n) is 7.89. The molecule has 0 fully saturated rings. The summed E-state index contributed by atoms with van der Waals surface area (Å²) in [6, 6.07) is 0. The number of carbonyl (C=O) groups is 1. The molecule has 0 atom stereocenters. The molecule has 1 aliphatic carbocycles. The Hall–Kier alpha value is -1.31. The fraction of sp³-hybridized carbons (Fsp3) is 0.364. The summed E-state index contributed by atoms with van der Waals surface area (Å²) in [6.07, 6.45) is 6.08. The largest absolute Gasteiger partial charge is 0.453 e. The van der Waals surface area contributed by atoms with E-state index in [0.717, 1.165) is 24.2 Å². The quantitative estimate of drug-likeness (QED) is 0.616. The van der Waals surface area contributed by atoms with Crippen LogP contribution in [0.5, 0.6) is 0 Å². The highest BCUT2D eigenvalue weighted by atomic mass is 16.3. The molecule has 13 heavy (non-hydrogen) atoms. The Bertz CT molecular complexity index is 383. The molecular weight excluding hydrogens is 164 g/mol. The van der Waals surface area contributed by atoms with Crippen molar-refractivity contribution in [2.45, 2.75) is 26.7 Å². The van der Waals surface area contributed by atoms with Crippen LogP contribution < -0.4 is 0 Å². The Balaban J connectivity index is 2.58. The van der Waals surface area contributed by atoms with Gasteiger partial charge in [0.15, 0.2) is 11.5 Å². The number of hydrogen-bond donors (Lipinski definition) is 0. The first-order valence-electron chi connectivity index (χ1n) is 4.50. The molecule has 0 spiro atoms. The van der Waals surface area contributed by atoms with Crippen LogP contribution >= 0.6 is 0 Å². The third kappa shape index (κ3) is 1.22. The van der Waals surface area contributed by atoms with Crippen LogP contribution in [0.2, 0.25) is 0 Å². The highest BCUT2D eigenvalue weighted by Gasteiger charge is 2.19. The van der Waals surface area contributed by atoms with Gasteiger partial charge in [0, 0.05) is 18.1 Å². The molecule has 0 radical (unpaired) electrons. The van der Waals surface area contributed by atoms with Crippen molar-refractivity contribution in [2.24, 2.45) is 0 Å². The van der Waals surface area contributed by atoms with E-state index in [2.05, 4.69) is 6.08 Å². The van der Waals surface area contributed by atoms with Crippen molar-refractivity contribution in [3.8, 4) is 0 Å². The smallest absolute Gasteiger partial charge is 0.195 e. The van der Waals surface area contributed by atoms with Gasteiger partial charge in [0.05, 0.1) is 0 Å². The van der Waals surface area contributed by atoms with Crippen LogP contribution in [0.4, 0.5) is 0 Å². The summed E-state index contributed by atoms with van der Waals surface area (Å²) in [6.45, 7) is 3.50. The number of carbonyl (C=O) groups excluding carboxylic acids is 1. The molecule has 0 amide bonds. The third-order valence-corrected chi connectivity index (χ3v) is 2.45. The molecule has 0 N–H and O–H groups in total. The first-order chi connectivity index (χ1) is 6.20. The van der Waals surface area contributed by atoms with E-state index >= 15 is 0 Å². The van der Waals surface area contributed by atoms with Gasteiger partial charge in [-0.15, -0.1) is 0 Å². The Morgan fingerprint density at radius 1 is 1.54 bits per heavy atom. The first-order valence-corrected chi connectivity index (χ1v) is 4.50. The van der Waals surface area contributed by atoms with Gasteiger partial charge in [0.25, 0.3) is 0 Å². The van der Waals surface area contributed by atoms with Gasteiger partial charge in [-0.25, -0.2) is 0 Å². The summed E-state index contributed by atoms with van der Waals surface area (Å²) in [7, 11) is 0. The minimum Gasteiger partial charge on any atom is -0.453 e. The van der Waals surface area contributed by atoms with E-state index in [4.69, 9.17) is 4.42 Å². The van der Waals surface area contributed by atoms with Crippen LogP contribution in [0, 0.1) is 6.92 Å². The molecule has 0 saturated carbocycles. The van der Waals surface area contributed by atoms with Gasteiger partial charge in [-0.2, -0.15) is 0 Å². The molecule has 2 rings (SSSR count). The predicted molar refractivity (Wildman–Crippen MR) is 50.8 cm³/mol. The van der Waals surface area contributed by atoms with Gasteiger partial charge in [0.2, 0.25) is 0 Å². The van der Waals surface area contributed by atoms with Crippen LogP contribution in [0.3, 0.4) is 0 Å². The topological polar surface area (TPSA) is 30.2 Å². The zero-order valence-corrected chi connectivity index (χ0v) is 7.89. The summed E-state index contributed by atoms with van der Waals surface area (Å²) in [5, 5.41) is 0. The van der Waals surface area contributed by atoms with Gasteiger partial charge in [0.1, 0.15) is 5.76 Å². The average molecular weight is 176 g/mol. The van der Waals surface area contributed by atoms with Gasteiger partial charge >= 0.3 is 0 Å². The molecule has 68 valence electrons. The number of Topliss-reactive ketones (excluding diaryl/α,β-unsaturated/α-hetero) is 1. The van der Waals surface area contributed by atoms with Crippen molar-refractivity contribution in [3.05, 3.63) is 28.7 Å². The Kier molecular flexibility index (Phi) is 1.83. The number of ketones is 1. The molecule has 1 aromatic heterocycles. The van der Waals surface area contributed by atoms with Crippen LogP contribution in [0.25, 0.3) is 6.08 Å². The van der Waals surface area contributed by atoms with Crippen molar-refractivity contribution in [1.29, 1.82) is 0 Å². The van der Waals surface area contributed by atoms with E-state index in [1.807, 2.05) is 13.0 Å². The number of fused-ring (bicyclic) bond motifs is 1. The molecular formula is C11H12O2. The van der Waals surface area contributed by atoms with Crippen molar-refractivity contribution in [1.82, 2.24) is 0 Å². The standard InChI is InChI=1S/C11H12O2/c1-7-9-5-3-4-6-10(9)13-11(7)8(2)12/h4,6H,3,5H2,1-2H3. The van der Waals surface area contributed by atoms with Crippen molar-refractivity contribution in [3.63, 3.8) is 0 Å². The van der Waals surface area contributed by atoms with Gasteiger partial charge < -0.3 is 4.42 Å². The molecule has 1 aliphatic rings. The predicted octanol–water partition coefficient (Wildman–Crippen LogP) is 2.75. The molecule has 2 nitrogen and oxygen atoms in total. The fourth-order valence-electron chi connectivity index (χ4n) is 1.77. The number of furan rings is 1. The van der Waals surface area contributed by atoms with E-state index < -0.39 is 0 Å². The van der Waals surface area contributed by atoms with E-state index in [0.29, 0.717) is 5.76 Å². The molecule has 0 saturated heterocycles. The fourth-order valence-corrected chi connectivity index (χ4v) is 1.77. The highest BCUT2D eigenvalue weighted by Crippen LogP contribution is 2.28. The van der Waals surface area contributed by atoms with E-state index in [1.54, 1.807) is 6.92 Å². The zero-order chi connectivity index (χ0) is 9.42. The number of rotatable bonds is 1. The maximum Gasteiger partial charge on any atom is 0.195 e. The molecule has 1 heterocycles. The summed E-state index contributed by atoms with van der Waals surface area (Å²) in [5.74, 6) is 1.41. The van der Waals surface area contributed by atoms with Crippen LogP contribution in [0.15, 0.2) is 10.5 Å². The van der Waals surface area contributed by atoms with E-state index in [9.17, 15) is 4.79 Å².